The molecule has 1 amide bonds. The zero-order chi connectivity index (χ0) is 12.7. The van der Waals surface area contributed by atoms with Crippen LogP contribution in [0, 0.1) is 6.92 Å². The topological polar surface area (TPSA) is 55.4 Å². The molecule has 92 valence electrons. The number of amides is 1. The van der Waals surface area contributed by atoms with Crippen molar-refractivity contribution in [3.63, 3.8) is 0 Å². The molecule has 0 heterocycles. The Morgan fingerprint density at radius 3 is 2.47 bits per heavy atom. The molecule has 4 heteroatoms. The van der Waals surface area contributed by atoms with Gasteiger partial charge in [0.2, 0.25) is 5.91 Å². The Bertz CT molecular complexity index is 384. The summed E-state index contributed by atoms with van der Waals surface area (Å²) >= 11 is 0. The summed E-state index contributed by atoms with van der Waals surface area (Å²) in [6.45, 7) is 2.32. The first-order valence-electron chi connectivity index (χ1n) is 5.51. The molecule has 0 aliphatic carbocycles. The van der Waals surface area contributed by atoms with Gasteiger partial charge in [-0.15, -0.1) is 0 Å². The Morgan fingerprint density at radius 2 is 1.88 bits per heavy atom. The largest absolute Gasteiger partial charge is 0.469 e. The first-order valence-corrected chi connectivity index (χ1v) is 5.51. The van der Waals surface area contributed by atoms with E-state index < -0.39 is 0 Å². The van der Waals surface area contributed by atoms with Crippen molar-refractivity contribution in [3.8, 4) is 0 Å². The predicted molar refractivity (Wildman–Crippen MR) is 64.5 cm³/mol. The van der Waals surface area contributed by atoms with Gasteiger partial charge in [-0.1, -0.05) is 29.8 Å². The van der Waals surface area contributed by atoms with E-state index in [1.807, 2.05) is 31.2 Å². The maximum Gasteiger partial charge on any atom is 0.307 e. The minimum Gasteiger partial charge on any atom is -0.469 e. The molecule has 0 fully saturated rings. The smallest absolute Gasteiger partial charge is 0.307 e. The SMILES string of the molecule is COC(=O)CCNC(=O)Cc1ccc(C)cc1. The van der Waals surface area contributed by atoms with E-state index in [1.165, 1.54) is 12.7 Å². The molecule has 1 N–H and O–H groups in total. The second-order valence-corrected chi connectivity index (χ2v) is 3.84. The second-order valence-electron chi connectivity index (χ2n) is 3.84. The van der Waals surface area contributed by atoms with E-state index in [-0.39, 0.29) is 18.3 Å². The molecule has 0 radical (unpaired) electrons. The summed E-state index contributed by atoms with van der Waals surface area (Å²) in [5.41, 5.74) is 2.13. The molecule has 0 atom stereocenters. The number of esters is 1. The van der Waals surface area contributed by atoms with Crippen LogP contribution in [0.25, 0.3) is 0 Å². The number of nitrogens with one attached hydrogen (secondary N) is 1. The molecular weight excluding hydrogens is 218 g/mol. The minimum absolute atomic E-state index is 0.0854. The molecule has 0 bridgehead atoms. The van der Waals surface area contributed by atoms with Gasteiger partial charge in [0.1, 0.15) is 0 Å². The van der Waals surface area contributed by atoms with Gasteiger partial charge in [-0.05, 0) is 12.5 Å². The van der Waals surface area contributed by atoms with Crippen molar-refractivity contribution in [2.75, 3.05) is 13.7 Å². The van der Waals surface area contributed by atoms with Crippen LogP contribution in [0.4, 0.5) is 0 Å². The summed E-state index contributed by atoms with van der Waals surface area (Å²) in [5, 5.41) is 2.67. The van der Waals surface area contributed by atoms with Crippen LogP contribution in [0.15, 0.2) is 24.3 Å². The number of methoxy groups -OCH3 is 1. The summed E-state index contributed by atoms with van der Waals surface area (Å²) < 4.78 is 4.47. The van der Waals surface area contributed by atoms with Crippen molar-refractivity contribution in [1.29, 1.82) is 0 Å². The maximum absolute atomic E-state index is 11.5. The fraction of sp³-hybridized carbons (Fsp3) is 0.385. The van der Waals surface area contributed by atoms with E-state index in [2.05, 4.69) is 10.1 Å². The third-order valence-electron chi connectivity index (χ3n) is 2.36. The lowest BCUT2D eigenvalue weighted by atomic mass is 10.1. The van der Waals surface area contributed by atoms with Crippen LogP contribution in [0.5, 0.6) is 0 Å². The normalized spacial score (nSPS) is 9.76. The van der Waals surface area contributed by atoms with E-state index in [4.69, 9.17) is 0 Å². The molecule has 1 aromatic rings. The second kappa shape index (κ2) is 6.68. The lowest BCUT2D eigenvalue weighted by Crippen LogP contribution is -2.27. The van der Waals surface area contributed by atoms with Gasteiger partial charge in [-0.2, -0.15) is 0 Å². The Balaban J connectivity index is 2.30. The molecule has 0 saturated heterocycles. The van der Waals surface area contributed by atoms with Crippen molar-refractivity contribution < 1.29 is 14.3 Å². The van der Waals surface area contributed by atoms with Gasteiger partial charge in [0.25, 0.3) is 0 Å². The third-order valence-corrected chi connectivity index (χ3v) is 2.36. The highest BCUT2D eigenvalue weighted by Gasteiger charge is 2.04. The van der Waals surface area contributed by atoms with E-state index >= 15 is 0 Å². The summed E-state index contributed by atoms with van der Waals surface area (Å²) in [6.07, 6.45) is 0.539. The van der Waals surface area contributed by atoms with Gasteiger partial charge < -0.3 is 10.1 Å². The van der Waals surface area contributed by atoms with Crippen molar-refractivity contribution in [2.24, 2.45) is 0 Å². The standard InChI is InChI=1S/C13H17NO3/c1-10-3-5-11(6-4-10)9-12(15)14-8-7-13(16)17-2/h3-6H,7-9H2,1-2H3,(H,14,15). The number of carbonyl (C=O) groups excluding carboxylic acids is 2. The Morgan fingerprint density at radius 1 is 1.24 bits per heavy atom. The van der Waals surface area contributed by atoms with Crippen LogP contribution in [-0.2, 0) is 20.7 Å². The van der Waals surface area contributed by atoms with Crippen molar-refractivity contribution in [3.05, 3.63) is 35.4 Å². The first-order chi connectivity index (χ1) is 8.11. The highest BCUT2D eigenvalue weighted by molar-refractivity contribution is 5.79. The average molecular weight is 235 g/mol. The van der Waals surface area contributed by atoms with Crippen molar-refractivity contribution >= 4 is 11.9 Å². The predicted octanol–water partition coefficient (Wildman–Crippen LogP) is 1.22. The summed E-state index contributed by atoms with van der Waals surface area (Å²) in [6, 6.07) is 7.79. The molecule has 0 aromatic heterocycles. The molecule has 0 aliphatic heterocycles. The van der Waals surface area contributed by atoms with Crippen LogP contribution in [0.3, 0.4) is 0 Å². The summed E-state index contributed by atoms with van der Waals surface area (Å²) in [5.74, 6) is -0.404. The lowest BCUT2D eigenvalue weighted by molar-refractivity contribution is -0.140. The Labute approximate surface area is 101 Å². The summed E-state index contributed by atoms with van der Waals surface area (Å²) in [4.78, 5) is 22.3. The maximum atomic E-state index is 11.5. The number of ether oxygens (including phenoxy) is 1. The van der Waals surface area contributed by atoms with Gasteiger partial charge in [0, 0.05) is 6.54 Å². The highest BCUT2D eigenvalue weighted by Crippen LogP contribution is 2.03. The van der Waals surface area contributed by atoms with Crippen LogP contribution in [0.2, 0.25) is 0 Å². The molecule has 0 spiro atoms. The molecule has 1 aromatic carbocycles. The molecule has 0 unspecified atom stereocenters. The number of rotatable bonds is 5. The van der Waals surface area contributed by atoms with Gasteiger partial charge in [0.05, 0.1) is 20.0 Å². The average Bonchev–Trinajstić information content (AvgIpc) is 2.32. The first kappa shape index (κ1) is 13.2. The number of aryl methyl sites for hydroxylation is 1. The zero-order valence-corrected chi connectivity index (χ0v) is 10.2. The van der Waals surface area contributed by atoms with Crippen molar-refractivity contribution in [1.82, 2.24) is 5.32 Å². The summed E-state index contributed by atoms with van der Waals surface area (Å²) in [7, 11) is 1.33. The molecule has 1 rings (SSSR count). The number of benzene rings is 1. The van der Waals surface area contributed by atoms with E-state index in [0.717, 1.165) is 5.56 Å². The fourth-order valence-corrected chi connectivity index (χ4v) is 1.36. The number of carbonyl (C=O) groups is 2. The zero-order valence-electron chi connectivity index (χ0n) is 10.2. The van der Waals surface area contributed by atoms with Crippen LogP contribution in [0.1, 0.15) is 17.5 Å². The van der Waals surface area contributed by atoms with Crippen LogP contribution >= 0.6 is 0 Å². The molecule has 4 nitrogen and oxygen atoms in total. The van der Waals surface area contributed by atoms with E-state index in [0.29, 0.717) is 13.0 Å². The Kier molecular flexibility index (Phi) is 5.20. The molecule has 0 aliphatic rings. The fourth-order valence-electron chi connectivity index (χ4n) is 1.36. The van der Waals surface area contributed by atoms with Gasteiger partial charge in [-0.25, -0.2) is 0 Å². The Hall–Kier alpha value is -1.84. The monoisotopic (exact) mass is 235 g/mol. The van der Waals surface area contributed by atoms with Crippen molar-refractivity contribution in [2.45, 2.75) is 19.8 Å². The number of hydrogen-bond acceptors (Lipinski definition) is 3. The molecular formula is C13H17NO3. The quantitative estimate of drug-likeness (QED) is 0.781. The van der Waals surface area contributed by atoms with E-state index in [1.54, 1.807) is 0 Å². The minimum atomic E-state index is -0.319. The van der Waals surface area contributed by atoms with E-state index in [9.17, 15) is 9.59 Å². The lowest BCUT2D eigenvalue weighted by Gasteiger charge is -2.04. The molecule has 17 heavy (non-hydrogen) atoms. The van der Waals surface area contributed by atoms with Gasteiger partial charge in [-0.3, -0.25) is 9.59 Å². The molecule has 0 saturated carbocycles. The van der Waals surface area contributed by atoms with Crippen LogP contribution in [-0.4, -0.2) is 25.5 Å². The van der Waals surface area contributed by atoms with Crippen LogP contribution < -0.4 is 5.32 Å². The third kappa shape index (κ3) is 5.15. The number of hydrogen-bond donors (Lipinski definition) is 1. The van der Waals surface area contributed by atoms with Gasteiger partial charge in [0.15, 0.2) is 0 Å². The van der Waals surface area contributed by atoms with Gasteiger partial charge >= 0.3 is 5.97 Å². The highest BCUT2D eigenvalue weighted by atomic mass is 16.5.